The average Bonchev–Trinajstić information content (AvgIpc) is 2.32. The van der Waals surface area contributed by atoms with Crippen LogP contribution in [0.3, 0.4) is 0 Å². The number of amides is 1. The molecule has 0 saturated carbocycles. The molecule has 0 radical (unpaired) electrons. The minimum absolute atomic E-state index is 0.0735. The smallest absolute Gasteiger partial charge is 0.327 e. The predicted molar refractivity (Wildman–Crippen MR) is 69.4 cm³/mol. The van der Waals surface area contributed by atoms with Crippen molar-refractivity contribution in [3.63, 3.8) is 0 Å². The van der Waals surface area contributed by atoms with E-state index < -0.39 is 16.7 Å². The molecule has 8 nitrogen and oxygen atoms in total. The number of pyridine rings is 1. The largest absolute Gasteiger partial charge is 0.332 e. The zero-order chi connectivity index (χ0) is 14.3. The minimum Gasteiger partial charge on any atom is -0.327 e. The Labute approximate surface area is 106 Å². The van der Waals surface area contributed by atoms with Crippen molar-refractivity contribution in [3.05, 3.63) is 37.1 Å². The number of fused-ring (bicyclic) bond motifs is 1. The van der Waals surface area contributed by atoms with Crippen molar-refractivity contribution < 1.29 is 4.79 Å². The first kappa shape index (κ1) is 12.8. The van der Waals surface area contributed by atoms with Crippen LogP contribution < -0.4 is 22.0 Å². The number of hydrogen-bond donors (Lipinski definition) is 2. The summed E-state index contributed by atoms with van der Waals surface area (Å²) in [5.41, 5.74) is -1.72. The standard InChI is InChI=1S/C11H12N4O4/c1-5(16)12-7-4-6(17)8-9(13-7)14(2)11(19)15(3)10(8)18/h4H,1-3H3,(H2,12,13,16,17). The molecule has 100 valence electrons. The average molecular weight is 264 g/mol. The van der Waals surface area contributed by atoms with E-state index in [0.717, 1.165) is 15.2 Å². The Hall–Kier alpha value is -2.64. The molecule has 0 saturated heterocycles. The fourth-order valence-electron chi connectivity index (χ4n) is 1.84. The van der Waals surface area contributed by atoms with E-state index in [-0.39, 0.29) is 22.8 Å². The Morgan fingerprint density at radius 2 is 1.84 bits per heavy atom. The second kappa shape index (κ2) is 4.23. The van der Waals surface area contributed by atoms with Crippen LogP contribution in [0.1, 0.15) is 6.92 Å². The van der Waals surface area contributed by atoms with Crippen LogP contribution in [-0.2, 0) is 18.9 Å². The van der Waals surface area contributed by atoms with Gasteiger partial charge >= 0.3 is 5.69 Å². The predicted octanol–water partition coefficient (Wildman–Crippen LogP) is -1.12. The van der Waals surface area contributed by atoms with Gasteiger partial charge in [0.1, 0.15) is 16.9 Å². The maximum Gasteiger partial charge on any atom is 0.332 e. The highest BCUT2D eigenvalue weighted by molar-refractivity contribution is 5.89. The first-order chi connectivity index (χ1) is 8.82. The van der Waals surface area contributed by atoms with Crippen molar-refractivity contribution in [2.45, 2.75) is 6.92 Å². The van der Waals surface area contributed by atoms with Crippen molar-refractivity contribution in [2.75, 3.05) is 5.32 Å². The molecule has 2 aromatic rings. The summed E-state index contributed by atoms with van der Waals surface area (Å²) in [6, 6.07) is 1.11. The highest BCUT2D eigenvalue weighted by Crippen LogP contribution is 2.05. The molecule has 8 heteroatoms. The Morgan fingerprint density at radius 1 is 1.21 bits per heavy atom. The second-order valence-corrected chi connectivity index (χ2v) is 4.16. The number of aryl methyl sites for hydroxylation is 1. The van der Waals surface area contributed by atoms with Gasteiger partial charge in [0, 0.05) is 27.1 Å². The van der Waals surface area contributed by atoms with Crippen LogP contribution in [0, 0.1) is 0 Å². The Kier molecular flexibility index (Phi) is 2.85. The lowest BCUT2D eigenvalue weighted by Crippen LogP contribution is -2.39. The third kappa shape index (κ3) is 1.96. The lowest BCUT2D eigenvalue weighted by molar-refractivity contribution is -0.114. The molecule has 2 aromatic heterocycles. The molecule has 0 spiro atoms. The van der Waals surface area contributed by atoms with E-state index in [1.807, 2.05) is 0 Å². The molecule has 0 aliphatic rings. The summed E-state index contributed by atoms with van der Waals surface area (Å²) in [7, 11) is 2.73. The van der Waals surface area contributed by atoms with Gasteiger partial charge in [0.05, 0.1) is 0 Å². The normalized spacial score (nSPS) is 10.7. The summed E-state index contributed by atoms with van der Waals surface area (Å²) < 4.78 is 2.00. The van der Waals surface area contributed by atoms with E-state index in [9.17, 15) is 19.2 Å². The Morgan fingerprint density at radius 3 is 2.42 bits per heavy atom. The fraction of sp³-hybridized carbons (Fsp3) is 0.273. The molecule has 0 aliphatic carbocycles. The van der Waals surface area contributed by atoms with Crippen LogP contribution in [0.4, 0.5) is 5.82 Å². The number of hydrogen-bond acceptors (Lipinski definition) is 4. The molecule has 1 amide bonds. The number of H-pyrrole nitrogens is 1. The number of aromatic amines is 1. The highest BCUT2D eigenvalue weighted by Gasteiger charge is 2.13. The highest BCUT2D eigenvalue weighted by atomic mass is 16.2. The zero-order valence-electron chi connectivity index (χ0n) is 10.6. The Bertz CT molecular complexity index is 856. The van der Waals surface area contributed by atoms with Crippen LogP contribution in [0.25, 0.3) is 11.0 Å². The molecule has 0 unspecified atom stereocenters. The molecule has 0 atom stereocenters. The summed E-state index contributed by atoms with van der Waals surface area (Å²) >= 11 is 0. The summed E-state index contributed by atoms with van der Waals surface area (Å²) in [6.45, 7) is 1.28. The van der Waals surface area contributed by atoms with Crippen LogP contribution in [-0.4, -0.2) is 20.0 Å². The SMILES string of the molecule is CC(=O)Nc1cc(=O)c2c(=O)n(C)c(=O)n(C)c2[nH]1. The third-order valence-corrected chi connectivity index (χ3v) is 2.75. The molecule has 0 aliphatic heterocycles. The first-order valence-electron chi connectivity index (χ1n) is 5.43. The van der Waals surface area contributed by atoms with Gasteiger partial charge in [-0.05, 0) is 0 Å². The van der Waals surface area contributed by atoms with E-state index >= 15 is 0 Å². The lowest BCUT2D eigenvalue weighted by Gasteiger charge is -2.09. The zero-order valence-corrected chi connectivity index (χ0v) is 10.6. The van der Waals surface area contributed by atoms with E-state index in [0.29, 0.717) is 0 Å². The lowest BCUT2D eigenvalue weighted by atomic mass is 10.3. The van der Waals surface area contributed by atoms with E-state index in [2.05, 4.69) is 10.3 Å². The van der Waals surface area contributed by atoms with Gasteiger partial charge in [0.15, 0.2) is 5.43 Å². The Balaban J connectivity index is 2.98. The second-order valence-electron chi connectivity index (χ2n) is 4.16. The molecule has 0 fully saturated rings. The molecule has 2 N–H and O–H groups in total. The first-order valence-corrected chi connectivity index (χ1v) is 5.43. The van der Waals surface area contributed by atoms with Crippen LogP contribution >= 0.6 is 0 Å². The maximum absolute atomic E-state index is 11.9. The van der Waals surface area contributed by atoms with Gasteiger partial charge in [-0.15, -0.1) is 0 Å². The van der Waals surface area contributed by atoms with E-state index in [1.54, 1.807) is 0 Å². The number of rotatable bonds is 1. The van der Waals surface area contributed by atoms with Crippen LogP contribution in [0.5, 0.6) is 0 Å². The van der Waals surface area contributed by atoms with Gasteiger partial charge in [-0.3, -0.25) is 23.5 Å². The third-order valence-electron chi connectivity index (χ3n) is 2.75. The topological polar surface area (TPSA) is 106 Å². The molecular formula is C11H12N4O4. The van der Waals surface area contributed by atoms with Crippen molar-refractivity contribution in [3.8, 4) is 0 Å². The van der Waals surface area contributed by atoms with Crippen molar-refractivity contribution >= 4 is 22.8 Å². The summed E-state index contributed by atoms with van der Waals surface area (Å²) in [5, 5.41) is 2.27. The maximum atomic E-state index is 11.9. The fourth-order valence-corrected chi connectivity index (χ4v) is 1.84. The summed E-state index contributed by atoms with van der Waals surface area (Å²) in [6.07, 6.45) is 0. The minimum atomic E-state index is -0.672. The van der Waals surface area contributed by atoms with Crippen molar-refractivity contribution in [1.29, 1.82) is 0 Å². The van der Waals surface area contributed by atoms with Gasteiger partial charge in [-0.25, -0.2) is 4.79 Å². The van der Waals surface area contributed by atoms with Crippen LogP contribution in [0.2, 0.25) is 0 Å². The molecule has 0 bridgehead atoms. The van der Waals surface area contributed by atoms with Crippen LogP contribution in [0.15, 0.2) is 20.4 Å². The molecule has 2 rings (SSSR count). The van der Waals surface area contributed by atoms with Crippen molar-refractivity contribution in [2.24, 2.45) is 14.1 Å². The number of nitrogens with one attached hydrogen (secondary N) is 2. The summed E-state index contributed by atoms with van der Waals surface area (Å²) in [4.78, 5) is 49.2. The monoisotopic (exact) mass is 264 g/mol. The van der Waals surface area contributed by atoms with Gasteiger partial charge in [0.2, 0.25) is 5.91 Å². The molecule has 19 heavy (non-hydrogen) atoms. The van der Waals surface area contributed by atoms with Gasteiger partial charge < -0.3 is 10.3 Å². The van der Waals surface area contributed by atoms with Crippen molar-refractivity contribution in [1.82, 2.24) is 14.1 Å². The number of anilines is 1. The van der Waals surface area contributed by atoms with E-state index in [4.69, 9.17) is 0 Å². The number of carbonyl (C=O) groups is 1. The number of carbonyl (C=O) groups excluding carboxylic acids is 1. The van der Waals surface area contributed by atoms with Gasteiger partial charge in [-0.1, -0.05) is 0 Å². The van der Waals surface area contributed by atoms with Gasteiger partial charge in [-0.2, -0.15) is 0 Å². The molecule has 0 aromatic carbocycles. The number of nitrogens with zero attached hydrogens (tertiary/aromatic N) is 2. The van der Waals surface area contributed by atoms with Gasteiger partial charge in [0.25, 0.3) is 5.56 Å². The van der Waals surface area contributed by atoms with E-state index in [1.165, 1.54) is 21.0 Å². The summed E-state index contributed by atoms with van der Waals surface area (Å²) in [5.74, 6) is -0.239. The number of aromatic nitrogens is 3. The molecule has 2 heterocycles. The molecular weight excluding hydrogens is 252 g/mol. The quantitative estimate of drug-likeness (QED) is 0.680.